The zero-order chi connectivity index (χ0) is 13.8. The molecule has 0 fully saturated rings. The predicted molar refractivity (Wildman–Crippen MR) is 70.5 cm³/mol. The number of anilines is 2. The Kier molecular flexibility index (Phi) is 3.71. The van der Waals surface area contributed by atoms with Gasteiger partial charge in [0, 0.05) is 18.3 Å². The third-order valence-electron chi connectivity index (χ3n) is 2.42. The van der Waals surface area contributed by atoms with E-state index in [1.807, 2.05) is 13.8 Å². The summed E-state index contributed by atoms with van der Waals surface area (Å²) in [4.78, 5) is 27.1. The van der Waals surface area contributed by atoms with E-state index < -0.39 is 5.91 Å². The van der Waals surface area contributed by atoms with E-state index in [1.165, 1.54) is 12.4 Å². The van der Waals surface area contributed by atoms with Crippen LogP contribution in [0.1, 0.15) is 36.1 Å². The Hall–Kier alpha value is -2.48. The second-order valence-corrected chi connectivity index (χ2v) is 4.18. The molecule has 100 valence electrons. The number of aromatic nitrogens is 4. The molecule has 0 atom stereocenters. The largest absolute Gasteiger partial charge is 0.331 e. The maximum atomic E-state index is 12.1. The molecule has 0 saturated carbocycles. The van der Waals surface area contributed by atoms with Crippen molar-refractivity contribution in [3.05, 3.63) is 30.1 Å². The van der Waals surface area contributed by atoms with E-state index in [1.54, 1.807) is 6.20 Å². The van der Waals surface area contributed by atoms with Gasteiger partial charge in [-0.25, -0.2) is 15.0 Å². The van der Waals surface area contributed by atoms with E-state index in [-0.39, 0.29) is 11.6 Å². The molecule has 0 spiro atoms. The number of nitrogens with two attached hydrogens (primary N) is 1. The third-order valence-corrected chi connectivity index (χ3v) is 2.42. The number of nitrogens with zero attached hydrogens (tertiary/aromatic N) is 3. The first kappa shape index (κ1) is 13.0. The summed E-state index contributed by atoms with van der Waals surface area (Å²) < 4.78 is 0. The molecular weight excluding hydrogens is 246 g/mol. The molecule has 8 heteroatoms. The molecular formula is C11H15N7O. The monoisotopic (exact) mass is 261 g/mol. The minimum atomic E-state index is -0.410. The zero-order valence-corrected chi connectivity index (χ0v) is 10.6. The van der Waals surface area contributed by atoms with Crippen LogP contribution in [0.3, 0.4) is 0 Å². The second-order valence-electron chi connectivity index (χ2n) is 4.18. The van der Waals surface area contributed by atoms with Gasteiger partial charge in [-0.3, -0.25) is 16.0 Å². The topological polar surface area (TPSA) is 122 Å². The van der Waals surface area contributed by atoms with Gasteiger partial charge in [0.15, 0.2) is 5.69 Å². The van der Waals surface area contributed by atoms with E-state index >= 15 is 0 Å². The third kappa shape index (κ3) is 2.86. The van der Waals surface area contributed by atoms with Gasteiger partial charge in [-0.1, -0.05) is 13.8 Å². The number of hydrazine groups is 1. The number of rotatable bonds is 4. The average Bonchev–Trinajstić information content (AvgIpc) is 2.90. The van der Waals surface area contributed by atoms with Crippen molar-refractivity contribution in [1.29, 1.82) is 0 Å². The average molecular weight is 261 g/mol. The fourth-order valence-corrected chi connectivity index (χ4v) is 1.45. The van der Waals surface area contributed by atoms with Gasteiger partial charge in [0.1, 0.15) is 5.82 Å². The van der Waals surface area contributed by atoms with Crippen molar-refractivity contribution in [2.45, 2.75) is 19.8 Å². The highest BCUT2D eigenvalue weighted by Crippen LogP contribution is 2.16. The molecule has 0 bridgehead atoms. The van der Waals surface area contributed by atoms with Crippen LogP contribution in [0.5, 0.6) is 0 Å². The number of imidazole rings is 1. The summed E-state index contributed by atoms with van der Waals surface area (Å²) in [5.41, 5.74) is 2.94. The summed E-state index contributed by atoms with van der Waals surface area (Å²) in [6.07, 6.45) is 4.63. The summed E-state index contributed by atoms with van der Waals surface area (Å²) in [5, 5.41) is 2.59. The quantitative estimate of drug-likeness (QED) is 0.478. The molecule has 0 aliphatic rings. The maximum absolute atomic E-state index is 12.1. The lowest BCUT2D eigenvalue weighted by Crippen LogP contribution is -2.21. The number of carbonyl (C=O) groups is 1. The Morgan fingerprint density at radius 3 is 2.79 bits per heavy atom. The Balaban J connectivity index is 2.30. The molecule has 0 aromatic carbocycles. The first-order valence-electron chi connectivity index (χ1n) is 5.76. The van der Waals surface area contributed by atoms with Crippen molar-refractivity contribution >= 4 is 17.5 Å². The van der Waals surface area contributed by atoms with Gasteiger partial charge in [0.05, 0.1) is 11.9 Å². The van der Waals surface area contributed by atoms with Crippen molar-refractivity contribution in [3.63, 3.8) is 0 Å². The number of nitrogen functional groups attached to an aromatic ring is 1. The lowest BCUT2D eigenvalue weighted by atomic mass is 10.2. The van der Waals surface area contributed by atoms with E-state index in [2.05, 4.69) is 30.7 Å². The lowest BCUT2D eigenvalue weighted by Gasteiger charge is -2.10. The number of nitrogens with one attached hydrogen (secondary N) is 3. The van der Waals surface area contributed by atoms with Crippen LogP contribution in [0.4, 0.5) is 11.6 Å². The van der Waals surface area contributed by atoms with Crippen molar-refractivity contribution in [2.75, 3.05) is 10.7 Å². The van der Waals surface area contributed by atoms with Crippen molar-refractivity contribution in [3.8, 4) is 0 Å². The number of amides is 1. The summed E-state index contributed by atoms with van der Waals surface area (Å²) >= 11 is 0. The molecule has 19 heavy (non-hydrogen) atoms. The molecule has 0 saturated heterocycles. The molecule has 0 aliphatic heterocycles. The van der Waals surface area contributed by atoms with Gasteiger partial charge in [0.2, 0.25) is 5.95 Å². The van der Waals surface area contributed by atoms with Gasteiger partial charge in [0.25, 0.3) is 5.91 Å². The molecule has 2 aromatic heterocycles. The van der Waals surface area contributed by atoms with Crippen LogP contribution >= 0.6 is 0 Å². The van der Waals surface area contributed by atoms with Gasteiger partial charge in [-0.15, -0.1) is 0 Å². The predicted octanol–water partition coefficient (Wildman–Crippen LogP) is 0.861. The molecule has 2 rings (SSSR count). The fraction of sp³-hybridized carbons (Fsp3) is 0.273. The summed E-state index contributed by atoms with van der Waals surface area (Å²) in [6, 6.07) is 0. The Bertz CT molecular complexity index is 564. The van der Waals surface area contributed by atoms with Crippen LogP contribution in [0, 0.1) is 0 Å². The second kappa shape index (κ2) is 5.44. The molecule has 0 radical (unpaired) electrons. The van der Waals surface area contributed by atoms with Crippen molar-refractivity contribution < 1.29 is 4.79 Å². The van der Waals surface area contributed by atoms with Gasteiger partial charge < -0.3 is 10.4 Å². The Morgan fingerprint density at radius 1 is 1.42 bits per heavy atom. The van der Waals surface area contributed by atoms with Gasteiger partial charge >= 0.3 is 0 Å². The number of H-pyrrole nitrogens is 1. The van der Waals surface area contributed by atoms with Crippen LogP contribution < -0.4 is 16.6 Å². The first-order valence-corrected chi connectivity index (χ1v) is 5.76. The molecule has 8 nitrogen and oxygen atoms in total. The molecule has 1 amide bonds. The number of carbonyl (C=O) groups excluding carboxylic acids is 1. The maximum Gasteiger partial charge on any atom is 0.278 e. The minimum Gasteiger partial charge on any atom is -0.331 e. The van der Waals surface area contributed by atoms with E-state index in [0.717, 1.165) is 0 Å². The Labute approximate surface area is 109 Å². The number of aromatic amines is 1. The van der Waals surface area contributed by atoms with Gasteiger partial charge in [-0.2, -0.15) is 0 Å². The van der Waals surface area contributed by atoms with Crippen LogP contribution in [-0.4, -0.2) is 25.8 Å². The van der Waals surface area contributed by atoms with Crippen LogP contribution in [0.2, 0.25) is 0 Å². The van der Waals surface area contributed by atoms with Crippen molar-refractivity contribution in [2.24, 2.45) is 5.84 Å². The van der Waals surface area contributed by atoms with Gasteiger partial charge in [-0.05, 0) is 0 Å². The molecule has 2 heterocycles. The summed E-state index contributed by atoms with van der Waals surface area (Å²) in [7, 11) is 0. The number of hydrogen-bond acceptors (Lipinski definition) is 6. The van der Waals surface area contributed by atoms with E-state index in [4.69, 9.17) is 5.84 Å². The smallest absolute Gasteiger partial charge is 0.278 e. The zero-order valence-electron chi connectivity index (χ0n) is 10.6. The summed E-state index contributed by atoms with van der Waals surface area (Å²) in [6.45, 7) is 3.89. The molecule has 0 unspecified atom stereocenters. The molecule has 5 N–H and O–H groups in total. The standard InChI is InChI=1S/C11H15N7O/c1-6(2)9-15-5-7(18-12)8(16-9)10(19)17-11-13-3-4-14-11/h3-6,18H,12H2,1-2H3,(H2,13,14,17,19). The highest BCUT2D eigenvalue weighted by atomic mass is 16.2. The minimum absolute atomic E-state index is 0.113. The fourth-order valence-electron chi connectivity index (χ4n) is 1.45. The van der Waals surface area contributed by atoms with Crippen molar-refractivity contribution in [1.82, 2.24) is 19.9 Å². The Morgan fingerprint density at radius 2 is 2.21 bits per heavy atom. The van der Waals surface area contributed by atoms with E-state index in [0.29, 0.717) is 17.5 Å². The van der Waals surface area contributed by atoms with Crippen LogP contribution in [0.15, 0.2) is 18.6 Å². The highest BCUT2D eigenvalue weighted by molar-refractivity contribution is 6.05. The lowest BCUT2D eigenvalue weighted by molar-refractivity contribution is 0.102. The van der Waals surface area contributed by atoms with E-state index in [9.17, 15) is 4.79 Å². The van der Waals surface area contributed by atoms with Crippen LogP contribution in [0.25, 0.3) is 0 Å². The SMILES string of the molecule is CC(C)c1ncc(NN)c(C(=O)Nc2ncc[nH]2)n1. The molecule has 2 aromatic rings. The van der Waals surface area contributed by atoms with Crippen LogP contribution in [-0.2, 0) is 0 Å². The highest BCUT2D eigenvalue weighted by Gasteiger charge is 2.16. The summed E-state index contributed by atoms with van der Waals surface area (Å²) in [5.74, 6) is 5.98. The first-order chi connectivity index (χ1) is 9.11. The molecule has 0 aliphatic carbocycles. The number of hydrogen-bond donors (Lipinski definition) is 4. The normalized spacial score (nSPS) is 10.5.